The third kappa shape index (κ3) is 4.29. The fourth-order valence-corrected chi connectivity index (χ4v) is 2.49. The van der Waals surface area contributed by atoms with Crippen molar-refractivity contribution in [2.24, 2.45) is 0 Å². The summed E-state index contributed by atoms with van der Waals surface area (Å²) in [6, 6.07) is 7.22. The number of hydrogen-bond acceptors (Lipinski definition) is 4. The van der Waals surface area contributed by atoms with Gasteiger partial charge in [-0.1, -0.05) is 12.1 Å². The van der Waals surface area contributed by atoms with Crippen LogP contribution in [0.1, 0.15) is 25.3 Å². The summed E-state index contributed by atoms with van der Waals surface area (Å²) in [7, 11) is 0. The van der Waals surface area contributed by atoms with Crippen molar-refractivity contribution < 1.29 is 4.92 Å². The van der Waals surface area contributed by atoms with Crippen LogP contribution in [0, 0.1) is 10.1 Å². The van der Waals surface area contributed by atoms with Gasteiger partial charge in [-0.3, -0.25) is 10.1 Å². The summed E-state index contributed by atoms with van der Waals surface area (Å²) in [5, 5.41) is 14.1. The van der Waals surface area contributed by atoms with E-state index in [4.69, 9.17) is 0 Å². The maximum absolute atomic E-state index is 10.7. The molecule has 0 bridgehead atoms. The van der Waals surface area contributed by atoms with Crippen LogP contribution in [0.3, 0.4) is 0 Å². The number of nitro benzene ring substituents is 1. The van der Waals surface area contributed by atoms with Gasteiger partial charge in [-0.2, -0.15) is 0 Å². The van der Waals surface area contributed by atoms with Gasteiger partial charge < -0.3 is 10.2 Å². The van der Waals surface area contributed by atoms with Crippen molar-refractivity contribution in [3.05, 3.63) is 39.9 Å². The van der Waals surface area contributed by atoms with Crippen LogP contribution in [0.5, 0.6) is 0 Å². The number of rotatable bonds is 6. The lowest BCUT2D eigenvalue weighted by atomic mass is 10.2. The molecular formula is C14H21N3O2. The molecule has 1 N–H and O–H groups in total. The summed E-state index contributed by atoms with van der Waals surface area (Å²) in [6.45, 7) is 6.28. The maximum Gasteiger partial charge on any atom is 0.269 e. The van der Waals surface area contributed by atoms with Crippen molar-refractivity contribution in [2.75, 3.05) is 19.6 Å². The van der Waals surface area contributed by atoms with Crippen LogP contribution < -0.4 is 5.32 Å². The van der Waals surface area contributed by atoms with Crippen LogP contribution in [0.2, 0.25) is 0 Å². The molecule has 1 unspecified atom stereocenters. The second-order valence-corrected chi connectivity index (χ2v) is 5.22. The molecule has 0 aromatic heterocycles. The summed E-state index contributed by atoms with van der Waals surface area (Å²) < 4.78 is 0. The van der Waals surface area contributed by atoms with Gasteiger partial charge in [0.2, 0.25) is 0 Å². The van der Waals surface area contributed by atoms with E-state index in [-0.39, 0.29) is 10.6 Å². The highest BCUT2D eigenvalue weighted by Crippen LogP contribution is 2.13. The van der Waals surface area contributed by atoms with E-state index in [9.17, 15) is 10.1 Å². The molecule has 104 valence electrons. The van der Waals surface area contributed by atoms with Gasteiger partial charge in [0, 0.05) is 31.3 Å². The molecule has 2 rings (SSSR count). The van der Waals surface area contributed by atoms with E-state index in [1.165, 1.54) is 32.0 Å². The normalized spacial score (nSPS) is 17.5. The van der Waals surface area contributed by atoms with Crippen LogP contribution in [0.15, 0.2) is 24.3 Å². The molecule has 1 atom stereocenters. The van der Waals surface area contributed by atoms with Gasteiger partial charge in [0.25, 0.3) is 5.69 Å². The van der Waals surface area contributed by atoms with Gasteiger partial charge in [-0.15, -0.1) is 0 Å². The predicted molar refractivity (Wildman–Crippen MR) is 75.1 cm³/mol. The second-order valence-electron chi connectivity index (χ2n) is 5.22. The molecule has 0 saturated carbocycles. The number of nitrogens with one attached hydrogen (secondary N) is 1. The van der Waals surface area contributed by atoms with Crippen molar-refractivity contribution in [3.63, 3.8) is 0 Å². The second kappa shape index (κ2) is 6.63. The molecule has 0 amide bonds. The van der Waals surface area contributed by atoms with Gasteiger partial charge in [-0.05, 0) is 38.4 Å². The lowest BCUT2D eigenvalue weighted by Gasteiger charge is -2.21. The molecule has 1 aromatic carbocycles. The van der Waals surface area contributed by atoms with Crippen molar-refractivity contribution in [1.29, 1.82) is 0 Å². The number of nitro groups is 1. The Morgan fingerprint density at radius 1 is 1.42 bits per heavy atom. The molecule has 1 aliphatic rings. The minimum absolute atomic E-state index is 0.159. The Labute approximate surface area is 113 Å². The average molecular weight is 263 g/mol. The predicted octanol–water partition coefficient (Wildman–Crippen LogP) is 2.17. The highest BCUT2D eigenvalue weighted by atomic mass is 16.6. The van der Waals surface area contributed by atoms with E-state index < -0.39 is 0 Å². The zero-order valence-corrected chi connectivity index (χ0v) is 11.3. The molecule has 1 aliphatic heterocycles. The van der Waals surface area contributed by atoms with Crippen molar-refractivity contribution in [1.82, 2.24) is 10.2 Å². The molecule has 1 heterocycles. The van der Waals surface area contributed by atoms with Gasteiger partial charge in [0.05, 0.1) is 4.92 Å². The van der Waals surface area contributed by atoms with E-state index in [0.717, 1.165) is 12.1 Å². The number of benzene rings is 1. The Kier molecular flexibility index (Phi) is 4.87. The van der Waals surface area contributed by atoms with E-state index in [2.05, 4.69) is 17.1 Å². The zero-order valence-electron chi connectivity index (χ0n) is 11.3. The van der Waals surface area contributed by atoms with Crippen LogP contribution in [-0.2, 0) is 6.54 Å². The lowest BCUT2D eigenvalue weighted by molar-refractivity contribution is -0.384. The third-order valence-corrected chi connectivity index (χ3v) is 3.51. The Hall–Kier alpha value is -1.46. The topological polar surface area (TPSA) is 58.4 Å². The molecule has 1 fully saturated rings. The Balaban J connectivity index is 1.80. The maximum atomic E-state index is 10.7. The zero-order chi connectivity index (χ0) is 13.7. The third-order valence-electron chi connectivity index (χ3n) is 3.51. The van der Waals surface area contributed by atoms with Crippen LogP contribution in [0.4, 0.5) is 5.69 Å². The summed E-state index contributed by atoms with van der Waals surface area (Å²) in [4.78, 5) is 12.8. The highest BCUT2D eigenvalue weighted by molar-refractivity contribution is 5.34. The fourth-order valence-electron chi connectivity index (χ4n) is 2.49. The highest BCUT2D eigenvalue weighted by Gasteiger charge is 2.14. The standard InChI is InChI=1S/C14H21N3O2/c1-12(11-16-7-2-3-8-16)15-10-13-5-4-6-14(9-13)17(18)19/h4-6,9,12,15H,2-3,7-8,10-11H2,1H3. The van der Waals surface area contributed by atoms with Crippen LogP contribution >= 0.6 is 0 Å². The van der Waals surface area contributed by atoms with Gasteiger partial charge in [0.15, 0.2) is 0 Å². The molecule has 1 saturated heterocycles. The fraction of sp³-hybridized carbons (Fsp3) is 0.571. The summed E-state index contributed by atoms with van der Waals surface area (Å²) in [6.07, 6.45) is 2.61. The van der Waals surface area contributed by atoms with Crippen molar-refractivity contribution >= 4 is 5.69 Å². The Bertz CT molecular complexity index is 430. The van der Waals surface area contributed by atoms with E-state index in [1.807, 2.05) is 6.07 Å². The number of likely N-dealkylation sites (tertiary alicyclic amines) is 1. The summed E-state index contributed by atoms with van der Waals surface area (Å²) in [5.74, 6) is 0. The molecular weight excluding hydrogens is 242 g/mol. The molecule has 0 radical (unpaired) electrons. The molecule has 5 heteroatoms. The van der Waals surface area contributed by atoms with E-state index in [0.29, 0.717) is 12.6 Å². The SMILES string of the molecule is CC(CN1CCCC1)NCc1cccc([N+](=O)[O-])c1. The van der Waals surface area contributed by atoms with Gasteiger partial charge in [0.1, 0.15) is 0 Å². The first kappa shape index (κ1) is 14.0. The van der Waals surface area contributed by atoms with Crippen LogP contribution in [-0.4, -0.2) is 35.5 Å². The molecule has 1 aromatic rings. The molecule has 5 nitrogen and oxygen atoms in total. The number of nitrogens with zero attached hydrogens (tertiary/aromatic N) is 2. The summed E-state index contributed by atoms with van der Waals surface area (Å²) in [5.41, 5.74) is 1.12. The average Bonchev–Trinajstić information content (AvgIpc) is 2.89. The lowest BCUT2D eigenvalue weighted by Crippen LogP contribution is -2.37. The monoisotopic (exact) mass is 263 g/mol. The van der Waals surface area contributed by atoms with Crippen molar-refractivity contribution in [2.45, 2.75) is 32.4 Å². The van der Waals surface area contributed by atoms with E-state index >= 15 is 0 Å². The number of non-ortho nitro benzene ring substituents is 1. The minimum Gasteiger partial charge on any atom is -0.309 e. The van der Waals surface area contributed by atoms with Gasteiger partial charge in [-0.25, -0.2) is 0 Å². The molecule has 0 aliphatic carbocycles. The Morgan fingerprint density at radius 2 is 2.16 bits per heavy atom. The Morgan fingerprint density at radius 3 is 2.84 bits per heavy atom. The first-order valence-corrected chi connectivity index (χ1v) is 6.84. The largest absolute Gasteiger partial charge is 0.309 e. The minimum atomic E-state index is -0.350. The summed E-state index contributed by atoms with van der Waals surface area (Å²) >= 11 is 0. The van der Waals surface area contributed by atoms with Crippen LogP contribution in [0.25, 0.3) is 0 Å². The first-order chi connectivity index (χ1) is 9.15. The number of hydrogen-bond donors (Lipinski definition) is 1. The molecule has 0 spiro atoms. The first-order valence-electron chi connectivity index (χ1n) is 6.84. The van der Waals surface area contributed by atoms with Gasteiger partial charge >= 0.3 is 0 Å². The smallest absolute Gasteiger partial charge is 0.269 e. The van der Waals surface area contributed by atoms with E-state index in [1.54, 1.807) is 12.1 Å². The quantitative estimate of drug-likeness (QED) is 0.631. The molecule has 19 heavy (non-hydrogen) atoms. The van der Waals surface area contributed by atoms with Crippen molar-refractivity contribution in [3.8, 4) is 0 Å².